The van der Waals surface area contributed by atoms with E-state index in [1.807, 2.05) is 12.1 Å². The minimum Gasteiger partial charge on any atom is -0.378 e. The Kier molecular flexibility index (Phi) is 5.11. The molecule has 1 aliphatic carbocycles. The molecule has 0 saturated heterocycles. The number of carbonyl (C=O) groups excluding carboxylic acids is 1. The number of halogens is 3. The molecule has 1 unspecified atom stereocenters. The van der Waals surface area contributed by atoms with Crippen LogP contribution in [0.3, 0.4) is 0 Å². The van der Waals surface area contributed by atoms with E-state index in [0.29, 0.717) is 11.5 Å². The highest BCUT2D eigenvalue weighted by molar-refractivity contribution is 5.94. The Morgan fingerprint density at radius 3 is 2.50 bits per heavy atom. The first-order valence-electron chi connectivity index (χ1n) is 9.53. The number of aliphatic hydroxyl groups is 1. The summed E-state index contributed by atoms with van der Waals surface area (Å²) < 4.78 is 40.2. The van der Waals surface area contributed by atoms with Gasteiger partial charge < -0.3 is 10.4 Å². The van der Waals surface area contributed by atoms with Gasteiger partial charge in [-0.3, -0.25) is 9.48 Å². The van der Waals surface area contributed by atoms with Crippen LogP contribution in [0.25, 0.3) is 11.3 Å². The van der Waals surface area contributed by atoms with Gasteiger partial charge in [0.15, 0.2) is 6.10 Å². The SMILES string of the molecule is Cn1nc(-c2cccc(C(F)(F)F)c2)cc1NC(=O)C(O)c1ccc(C2CC2)cc1. The van der Waals surface area contributed by atoms with E-state index in [1.54, 1.807) is 19.2 Å². The zero-order chi connectivity index (χ0) is 21.5. The van der Waals surface area contributed by atoms with Gasteiger partial charge in [-0.25, -0.2) is 0 Å². The van der Waals surface area contributed by atoms with Crippen molar-refractivity contribution in [2.24, 2.45) is 7.05 Å². The van der Waals surface area contributed by atoms with Crippen molar-refractivity contribution in [3.05, 3.63) is 71.3 Å². The van der Waals surface area contributed by atoms with E-state index in [4.69, 9.17) is 0 Å². The molecular formula is C22H20F3N3O2. The predicted octanol–water partition coefficient (Wildman–Crippen LogP) is 4.66. The maximum atomic E-state index is 13.0. The molecule has 8 heteroatoms. The van der Waals surface area contributed by atoms with Crippen LogP contribution in [0.5, 0.6) is 0 Å². The van der Waals surface area contributed by atoms with Gasteiger partial charge in [0.1, 0.15) is 5.82 Å². The largest absolute Gasteiger partial charge is 0.416 e. The minimum absolute atomic E-state index is 0.265. The lowest BCUT2D eigenvalue weighted by molar-refractivity contribution is -0.137. The molecule has 2 aromatic carbocycles. The molecule has 1 aromatic heterocycles. The quantitative estimate of drug-likeness (QED) is 0.637. The van der Waals surface area contributed by atoms with E-state index in [-0.39, 0.29) is 17.1 Å². The molecule has 5 nitrogen and oxygen atoms in total. The number of rotatable bonds is 5. The van der Waals surface area contributed by atoms with Crippen molar-refractivity contribution in [2.75, 3.05) is 5.32 Å². The van der Waals surface area contributed by atoms with Gasteiger partial charge in [-0.2, -0.15) is 18.3 Å². The standard InChI is InChI=1S/C22H20F3N3O2/c1-28-19(12-18(27-28)16-3-2-4-17(11-16)22(23,24)25)26-21(30)20(29)15-9-7-14(8-10-15)13-5-6-13/h2-4,7-13,20,29H,5-6H2,1H3,(H,26,30). The molecule has 30 heavy (non-hydrogen) atoms. The number of nitrogens with one attached hydrogen (secondary N) is 1. The lowest BCUT2D eigenvalue weighted by Gasteiger charge is -2.12. The third-order valence-corrected chi connectivity index (χ3v) is 5.17. The lowest BCUT2D eigenvalue weighted by atomic mass is 10.0. The van der Waals surface area contributed by atoms with Crippen LogP contribution in [0.1, 0.15) is 41.6 Å². The fourth-order valence-corrected chi connectivity index (χ4v) is 3.29. The number of hydrogen-bond donors (Lipinski definition) is 2. The third kappa shape index (κ3) is 4.23. The van der Waals surface area contributed by atoms with Gasteiger partial charge in [0.25, 0.3) is 5.91 Å². The number of anilines is 1. The lowest BCUT2D eigenvalue weighted by Crippen LogP contribution is -2.22. The number of benzene rings is 2. The fraction of sp³-hybridized carbons (Fsp3) is 0.273. The Hall–Kier alpha value is -3.13. The Morgan fingerprint density at radius 2 is 1.87 bits per heavy atom. The van der Waals surface area contributed by atoms with Crippen LogP contribution in [0.4, 0.5) is 19.0 Å². The zero-order valence-corrected chi connectivity index (χ0v) is 16.1. The molecule has 0 radical (unpaired) electrons. The van der Waals surface area contributed by atoms with Crippen molar-refractivity contribution in [1.29, 1.82) is 0 Å². The van der Waals surface area contributed by atoms with Crippen LogP contribution >= 0.6 is 0 Å². The molecule has 1 fully saturated rings. The summed E-state index contributed by atoms with van der Waals surface area (Å²) in [4.78, 5) is 12.5. The van der Waals surface area contributed by atoms with Crippen molar-refractivity contribution in [1.82, 2.24) is 9.78 Å². The summed E-state index contributed by atoms with van der Waals surface area (Å²) in [6.07, 6.45) is -3.50. The van der Waals surface area contributed by atoms with Crippen LogP contribution in [0.2, 0.25) is 0 Å². The highest BCUT2D eigenvalue weighted by Crippen LogP contribution is 2.40. The number of aromatic nitrogens is 2. The second-order valence-corrected chi connectivity index (χ2v) is 7.45. The Bertz CT molecular complexity index is 1070. The number of aryl methyl sites for hydroxylation is 1. The minimum atomic E-state index is -4.46. The molecule has 1 aliphatic rings. The third-order valence-electron chi connectivity index (χ3n) is 5.17. The van der Waals surface area contributed by atoms with Gasteiger partial charge in [0.05, 0.1) is 11.3 Å². The zero-order valence-electron chi connectivity index (χ0n) is 16.1. The Labute approximate surface area is 171 Å². The first-order chi connectivity index (χ1) is 14.2. The van der Waals surface area contributed by atoms with Gasteiger partial charge >= 0.3 is 6.18 Å². The van der Waals surface area contributed by atoms with Gasteiger partial charge in [0.2, 0.25) is 0 Å². The molecule has 0 bridgehead atoms. The summed E-state index contributed by atoms with van der Waals surface area (Å²) in [5.74, 6) is 0.197. The van der Waals surface area contributed by atoms with Crippen molar-refractivity contribution >= 4 is 11.7 Å². The second kappa shape index (κ2) is 7.60. The number of nitrogens with zero attached hydrogens (tertiary/aromatic N) is 2. The maximum absolute atomic E-state index is 13.0. The van der Waals surface area contributed by atoms with E-state index in [2.05, 4.69) is 10.4 Å². The van der Waals surface area contributed by atoms with Crippen LogP contribution in [0, 0.1) is 0 Å². The molecule has 1 amide bonds. The molecule has 3 aromatic rings. The van der Waals surface area contributed by atoms with E-state index in [1.165, 1.54) is 28.4 Å². The van der Waals surface area contributed by atoms with E-state index in [0.717, 1.165) is 25.0 Å². The fourth-order valence-electron chi connectivity index (χ4n) is 3.29. The van der Waals surface area contributed by atoms with Gasteiger partial charge in [-0.15, -0.1) is 0 Å². The van der Waals surface area contributed by atoms with Crippen molar-refractivity contribution in [2.45, 2.75) is 31.0 Å². The number of alkyl halides is 3. The molecule has 4 rings (SSSR count). The maximum Gasteiger partial charge on any atom is 0.416 e. The number of carbonyl (C=O) groups is 1. The first kappa shape index (κ1) is 20.2. The Balaban J connectivity index is 1.50. The van der Waals surface area contributed by atoms with E-state index < -0.39 is 23.8 Å². The topological polar surface area (TPSA) is 67.2 Å². The predicted molar refractivity (Wildman–Crippen MR) is 106 cm³/mol. The molecule has 1 heterocycles. The normalized spacial score (nSPS) is 15.1. The average Bonchev–Trinajstić information content (AvgIpc) is 3.51. The summed E-state index contributed by atoms with van der Waals surface area (Å²) in [6.45, 7) is 0. The van der Waals surface area contributed by atoms with Gasteiger partial charge in [-0.1, -0.05) is 36.4 Å². The second-order valence-electron chi connectivity index (χ2n) is 7.45. The highest BCUT2D eigenvalue weighted by atomic mass is 19.4. The van der Waals surface area contributed by atoms with Crippen LogP contribution in [0.15, 0.2) is 54.6 Å². The summed E-state index contributed by atoms with van der Waals surface area (Å²) in [5, 5.41) is 17.1. The summed E-state index contributed by atoms with van der Waals surface area (Å²) in [6, 6.07) is 13.6. The molecular weight excluding hydrogens is 395 g/mol. The molecule has 1 saturated carbocycles. The van der Waals surface area contributed by atoms with E-state index >= 15 is 0 Å². The number of amides is 1. The molecule has 1 atom stereocenters. The van der Waals surface area contributed by atoms with Crippen molar-refractivity contribution in [3.8, 4) is 11.3 Å². The summed E-state index contributed by atoms with van der Waals surface area (Å²) >= 11 is 0. The van der Waals surface area contributed by atoms with Crippen molar-refractivity contribution < 1.29 is 23.1 Å². The molecule has 0 spiro atoms. The molecule has 2 N–H and O–H groups in total. The van der Waals surface area contributed by atoms with Crippen LogP contribution in [-0.2, 0) is 18.0 Å². The average molecular weight is 415 g/mol. The first-order valence-corrected chi connectivity index (χ1v) is 9.53. The number of hydrogen-bond acceptors (Lipinski definition) is 3. The molecule has 156 valence electrons. The smallest absolute Gasteiger partial charge is 0.378 e. The van der Waals surface area contributed by atoms with Crippen LogP contribution in [-0.4, -0.2) is 20.8 Å². The summed E-state index contributed by atoms with van der Waals surface area (Å²) in [7, 11) is 1.56. The van der Waals surface area contributed by atoms with Gasteiger partial charge in [0, 0.05) is 18.7 Å². The monoisotopic (exact) mass is 415 g/mol. The summed E-state index contributed by atoms with van der Waals surface area (Å²) in [5.41, 5.74) is 1.45. The van der Waals surface area contributed by atoms with Gasteiger partial charge in [-0.05, 0) is 42.0 Å². The molecule has 0 aliphatic heterocycles. The van der Waals surface area contributed by atoms with Crippen molar-refractivity contribution in [3.63, 3.8) is 0 Å². The van der Waals surface area contributed by atoms with Crippen LogP contribution < -0.4 is 5.32 Å². The van der Waals surface area contributed by atoms with E-state index in [9.17, 15) is 23.1 Å². The highest BCUT2D eigenvalue weighted by Gasteiger charge is 2.30. The number of aliphatic hydroxyl groups excluding tert-OH is 1. The Morgan fingerprint density at radius 1 is 1.17 bits per heavy atom.